The number of amides is 1. The number of nitrogens with zero attached hydrogens (tertiary/aromatic N) is 1. The van der Waals surface area contributed by atoms with Crippen LogP contribution in [0.5, 0.6) is 28.7 Å². The molecule has 152 valence electrons. The highest BCUT2D eigenvalue weighted by atomic mass is 16.5. The first-order valence-corrected chi connectivity index (χ1v) is 8.75. The third kappa shape index (κ3) is 4.60. The summed E-state index contributed by atoms with van der Waals surface area (Å²) in [5.74, 6) is 2.72. The van der Waals surface area contributed by atoms with Crippen molar-refractivity contribution in [3.8, 4) is 28.7 Å². The van der Waals surface area contributed by atoms with Crippen LogP contribution in [0.25, 0.3) is 0 Å². The van der Waals surface area contributed by atoms with Crippen LogP contribution in [0.15, 0.2) is 30.3 Å². The van der Waals surface area contributed by atoms with Gasteiger partial charge in [-0.2, -0.15) is 0 Å². The predicted octanol–water partition coefficient (Wildman–Crippen LogP) is 3.04. The van der Waals surface area contributed by atoms with E-state index in [1.54, 1.807) is 65.7 Å². The Labute approximate surface area is 165 Å². The monoisotopic (exact) mass is 389 g/mol. The molecule has 0 atom stereocenters. The Kier molecular flexibility index (Phi) is 7.37. The molecule has 0 spiro atoms. The van der Waals surface area contributed by atoms with E-state index in [4.69, 9.17) is 23.7 Å². The number of carbonyl (C=O) groups is 1. The van der Waals surface area contributed by atoms with E-state index in [1.807, 2.05) is 12.1 Å². The van der Waals surface area contributed by atoms with E-state index < -0.39 is 0 Å². The summed E-state index contributed by atoms with van der Waals surface area (Å²) in [4.78, 5) is 14.4. The normalized spacial score (nSPS) is 10.2. The molecule has 0 saturated heterocycles. The molecule has 0 N–H and O–H groups in total. The van der Waals surface area contributed by atoms with Gasteiger partial charge in [-0.3, -0.25) is 4.79 Å². The first-order chi connectivity index (χ1) is 13.5. The summed E-state index contributed by atoms with van der Waals surface area (Å²) < 4.78 is 26.6. The highest BCUT2D eigenvalue weighted by Gasteiger charge is 2.17. The topological polar surface area (TPSA) is 66.5 Å². The van der Waals surface area contributed by atoms with Crippen LogP contribution in [0, 0.1) is 0 Å². The smallest absolute Gasteiger partial charge is 0.253 e. The van der Waals surface area contributed by atoms with Crippen LogP contribution in [0.4, 0.5) is 0 Å². The van der Waals surface area contributed by atoms with Gasteiger partial charge >= 0.3 is 0 Å². The van der Waals surface area contributed by atoms with Gasteiger partial charge in [-0.15, -0.1) is 0 Å². The van der Waals surface area contributed by atoms with E-state index in [9.17, 15) is 4.79 Å². The summed E-state index contributed by atoms with van der Waals surface area (Å²) in [5.41, 5.74) is 1.51. The van der Waals surface area contributed by atoms with Crippen LogP contribution in [-0.2, 0) is 6.42 Å². The van der Waals surface area contributed by atoms with Gasteiger partial charge in [0.2, 0.25) is 5.75 Å². The zero-order chi connectivity index (χ0) is 20.7. The zero-order valence-electron chi connectivity index (χ0n) is 17.2. The molecule has 0 bridgehead atoms. The van der Waals surface area contributed by atoms with Crippen LogP contribution in [0.2, 0.25) is 0 Å². The van der Waals surface area contributed by atoms with E-state index in [0.29, 0.717) is 47.3 Å². The van der Waals surface area contributed by atoms with E-state index in [-0.39, 0.29) is 5.91 Å². The number of likely N-dealkylation sites (N-methyl/N-ethyl adjacent to an activating group) is 1. The SMILES string of the molecule is COc1ccc(C(=O)N(C)CCc2cc(OC)c(OC)c(OC)c2)cc1OC. The molecule has 0 aliphatic carbocycles. The third-order valence-electron chi connectivity index (χ3n) is 4.44. The van der Waals surface area contributed by atoms with Crippen molar-refractivity contribution in [2.24, 2.45) is 0 Å². The molecule has 2 aromatic rings. The quantitative estimate of drug-likeness (QED) is 0.657. The van der Waals surface area contributed by atoms with E-state index >= 15 is 0 Å². The molecule has 0 heterocycles. The average molecular weight is 389 g/mol. The van der Waals surface area contributed by atoms with Gasteiger partial charge in [-0.1, -0.05) is 0 Å². The zero-order valence-corrected chi connectivity index (χ0v) is 17.2. The first kappa shape index (κ1) is 21.2. The Hall–Kier alpha value is -3.09. The second kappa shape index (κ2) is 9.73. The Morgan fingerprint density at radius 1 is 0.786 bits per heavy atom. The van der Waals surface area contributed by atoms with Crippen LogP contribution >= 0.6 is 0 Å². The number of ether oxygens (including phenoxy) is 5. The van der Waals surface area contributed by atoms with Crippen molar-refractivity contribution < 1.29 is 28.5 Å². The highest BCUT2D eigenvalue weighted by molar-refractivity contribution is 5.94. The van der Waals surface area contributed by atoms with Crippen molar-refractivity contribution in [2.45, 2.75) is 6.42 Å². The average Bonchev–Trinajstić information content (AvgIpc) is 2.75. The fourth-order valence-corrected chi connectivity index (χ4v) is 2.87. The molecule has 0 aliphatic heterocycles. The van der Waals surface area contributed by atoms with Crippen LogP contribution in [-0.4, -0.2) is 59.9 Å². The molecule has 7 heteroatoms. The van der Waals surface area contributed by atoms with Crippen molar-refractivity contribution in [3.63, 3.8) is 0 Å². The van der Waals surface area contributed by atoms with Crippen LogP contribution < -0.4 is 23.7 Å². The number of rotatable bonds is 9. The number of benzene rings is 2. The highest BCUT2D eigenvalue weighted by Crippen LogP contribution is 2.38. The predicted molar refractivity (Wildman–Crippen MR) is 106 cm³/mol. The lowest BCUT2D eigenvalue weighted by Gasteiger charge is -2.19. The number of methoxy groups -OCH3 is 5. The molecule has 0 aromatic heterocycles. The maximum absolute atomic E-state index is 12.7. The first-order valence-electron chi connectivity index (χ1n) is 8.75. The minimum Gasteiger partial charge on any atom is -0.493 e. The second-order valence-corrected chi connectivity index (χ2v) is 6.08. The van der Waals surface area contributed by atoms with Crippen molar-refractivity contribution in [2.75, 3.05) is 49.1 Å². The minimum absolute atomic E-state index is 0.103. The van der Waals surface area contributed by atoms with Gasteiger partial charge < -0.3 is 28.6 Å². The fourth-order valence-electron chi connectivity index (χ4n) is 2.87. The van der Waals surface area contributed by atoms with Gasteiger partial charge in [0.15, 0.2) is 23.0 Å². The lowest BCUT2D eigenvalue weighted by molar-refractivity contribution is 0.0796. The van der Waals surface area contributed by atoms with Gasteiger partial charge in [0.05, 0.1) is 35.5 Å². The van der Waals surface area contributed by atoms with E-state index in [1.165, 1.54) is 0 Å². The van der Waals surface area contributed by atoms with Crippen LogP contribution in [0.3, 0.4) is 0 Å². The molecule has 7 nitrogen and oxygen atoms in total. The lowest BCUT2D eigenvalue weighted by Crippen LogP contribution is -2.28. The molecule has 0 aliphatic rings. The van der Waals surface area contributed by atoms with Crippen molar-refractivity contribution in [1.29, 1.82) is 0 Å². The molecule has 0 fully saturated rings. The van der Waals surface area contributed by atoms with E-state index in [2.05, 4.69) is 0 Å². The molecular formula is C21H27NO6. The standard InChI is InChI=1S/C21H27NO6/c1-22(21(23)15-7-8-16(24-2)17(13-15)25-3)10-9-14-11-18(26-4)20(28-6)19(12-14)27-5/h7-8,11-13H,9-10H2,1-6H3. The van der Waals surface area contributed by atoms with Gasteiger partial charge in [-0.25, -0.2) is 0 Å². The summed E-state index contributed by atoms with van der Waals surface area (Å²) in [6, 6.07) is 8.89. The molecule has 28 heavy (non-hydrogen) atoms. The molecule has 2 aromatic carbocycles. The molecule has 0 saturated carbocycles. The molecule has 0 radical (unpaired) electrons. The van der Waals surface area contributed by atoms with Crippen LogP contribution in [0.1, 0.15) is 15.9 Å². The van der Waals surface area contributed by atoms with Crippen molar-refractivity contribution in [3.05, 3.63) is 41.5 Å². The maximum atomic E-state index is 12.7. The van der Waals surface area contributed by atoms with Crippen molar-refractivity contribution >= 4 is 5.91 Å². The summed E-state index contributed by atoms with van der Waals surface area (Å²) >= 11 is 0. The van der Waals surface area contributed by atoms with Crippen molar-refractivity contribution in [1.82, 2.24) is 4.90 Å². The molecule has 2 rings (SSSR count). The number of hydrogen-bond acceptors (Lipinski definition) is 6. The molecule has 0 unspecified atom stereocenters. The lowest BCUT2D eigenvalue weighted by atomic mass is 10.1. The molecular weight excluding hydrogens is 362 g/mol. The van der Waals surface area contributed by atoms with Gasteiger partial charge in [0.1, 0.15) is 0 Å². The summed E-state index contributed by atoms with van der Waals surface area (Å²) in [5, 5.41) is 0. The summed E-state index contributed by atoms with van der Waals surface area (Å²) in [6.07, 6.45) is 0.631. The van der Waals surface area contributed by atoms with Gasteiger partial charge in [0.25, 0.3) is 5.91 Å². The Morgan fingerprint density at radius 2 is 1.36 bits per heavy atom. The largest absolute Gasteiger partial charge is 0.493 e. The Morgan fingerprint density at radius 3 is 1.86 bits per heavy atom. The Balaban J connectivity index is 2.13. The minimum atomic E-state index is -0.103. The van der Waals surface area contributed by atoms with E-state index in [0.717, 1.165) is 5.56 Å². The molecule has 1 amide bonds. The maximum Gasteiger partial charge on any atom is 0.253 e. The van der Waals surface area contributed by atoms with Gasteiger partial charge in [0, 0.05) is 19.2 Å². The Bertz CT molecular complexity index is 796. The van der Waals surface area contributed by atoms with Gasteiger partial charge in [-0.05, 0) is 42.3 Å². The fraction of sp³-hybridized carbons (Fsp3) is 0.381. The summed E-state index contributed by atoms with van der Waals surface area (Å²) in [7, 11) is 9.58. The summed E-state index contributed by atoms with van der Waals surface area (Å²) in [6.45, 7) is 0.520. The number of carbonyl (C=O) groups excluding carboxylic acids is 1. The number of hydrogen-bond donors (Lipinski definition) is 0. The third-order valence-corrected chi connectivity index (χ3v) is 4.44. The second-order valence-electron chi connectivity index (χ2n) is 6.08.